The van der Waals surface area contributed by atoms with Gasteiger partial charge in [0.15, 0.2) is 0 Å². The minimum absolute atomic E-state index is 0.0820. The second kappa shape index (κ2) is 8.35. The van der Waals surface area contributed by atoms with Crippen LogP contribution in [0.2, 0.25) is 0 Å². The molecule has 2 aliphatic rings. The number of fused-ring (bicyclic) bond motifs is 1. The van der Waals surface area contributed by atoms with E-state index >= 15 is 0 Å². The smallest absolute Gasteiger partial charge is 0.273 e. The van der Waals surface area contributed by atoms with Crippen molar-refractivity contribution in [2.75, 3.05) is 5.32 Å². The summed E-state index contributed by atoms with van der Waals surface area (Å²) in [5, 5.41) is 2.92. The van der Waals surface area contributed by atoms with Crippen LogP contribution in [-0.2, 0) is 4.79 Å². The molecule has 0 spiro atoms. The molecule has 4 N–H and O–H groups in total. The Labute approximate surface area is 180 Å². The Morgan fingerprint density at radius 1 is 1.00 bits per heavy atom. The number of rotatable bonds is 4. The summed E-state index contributed by atoms with van der Waals surface area (Å²) in [6.45, 7) is 0. The van der Waals surface area contributed by atoms with Crippen molar-refractivity contribution in [3.05, 3.63) is 72.1 Å². The number of nitrogens with one attached hydrogen (secondary N) is 4. The number of anilines is 1. The lowest BCUT2D eigenvalue weighted by Crippen LogP contribution is -2.55. The van der Waals surface area contributed by atoms with Crippen molar-refractivity contribution in [2.24, 2.45) is 11.8 Å². The monoisotopic (exact) mass is 415 g/mol. The molecule has 0 radical (unpaired) electrons. The highest BCUT2D eigenvalue weighted by molar-refractivity contribution is 6.03. The third-order valence-corrected chi connectivity index (χ3v) is 6.33. The largest absolute Gasteiger partial charge is 0.334 e. The molecule has 1 aliphatic carbocycles. The van der Waals surface area contributed by atoms with E-state index in [0.29, 0.717) is 23.1 Å². The Morgan fingerprint density at radius 3 is 2.58 bits per heavy atom. The molecule has 3 unspecified atom stereocenters. The molecule has 1 saturated heterocycles. The number of carbonyl (C=O) groups excluding carboxylic acids is 2. The number of carbonyl (C=O) groups is 2. The average Bonchev–Trinajstić information content (AvgIpc) is 3.32. The molecule has 3 aromatic rings. The minimum atomic E-state index is -0.238. The first kappa shape index (κ1) is 19.5. The van der Waals surface area contributed by atoms with Crippen LogP contribution in [0, 0.1) is 11.8 Å². The first-order chi connectivity index (χ1) is 15.2. The number of aromatic nitrogens is 2. The van der Waals surface area contributed by atoms with Crippen molar-refractivity contribution in [1.29, 1.82) is 0 Å². The summed E-state index contributed by atoms with van der Waals surface area (Å²) >= 11 is 0. The fourth-order valence-electron chi connectivity index (χ4n) is 4.71. The van der Waals surface area contributed by atoms with E-state index in [-0.39, 0.29) is 23.8 Å². The number of benzene rings is 2. The fraction of sp³-hybridized carbons (Fsp3) is 0.292. The van der Waals surface area contributed by atoms with Gasteiger partial charge in [-0.3, -0.25) is 15.0 Å². The van der Waals surface area contributed by atoms with E-state index in [9.17, 15) is 9.59 Å². The van der Waals surface area contributed by atoms with E-state index in [1.54, 1.807) is 6.20 Å². The highest BCUT2D eigenvalue weighted by atomic mass is 16.2. The molecule has 1 saturated carbocycles. The van der Waals surface area contributed by atoms with Crippen molar-refractivity contribution in [3.8, 4) is 11.4 Å². The van der Waals surface area contributed by atoms with Crippen LogP contribution in [0.25, 0.3) is 11.4 Å². The van der Waals surface area contributed by atoms with Gasteiger partial charge in [-0.2, -0.15) is 0 Å². The van der Waals surface area contributed by atoms with E-state index in [1.165, 1.54) is 0 Å². The van der Waals surface area contributed by atoms with Crippen LogP contribution in [0.1, 0.15) is 47.8 Å². The zero-order valence-electron chi connectivity index (χ0n) is 17.1. The molecule has 2 fully saturated rings. The molecule has 7 heteroatoms. The first-order valence-corrected chi connectivity index (χ1v) is 10.8. The van der Waals surface area contributed by atoms with Crippen molar-refractivity contribution in [2.45, 2.75) is 31.7 Å². The zero-order valence-corrected chi connectivity index (χ0v) is 17.1. The average molecular weight is 415 g/mol. The summed E-state index contributed by atoms with van der Waals surface area (Å²) in [7, 11) is 0. The Balaban J connectivity index is 1.27. The maximum atomic E-state index is 12.6. The predicted octanol–water partition coefficient (Wildman–Crippen LogP) is 3.81. The summed E-state index contributed by atoms with van der Waals surface area (Å²) in [6, 6.07) is 17.6. The fourth-order valence-corrected chi connectivity index (χ4v) is 4.71. The quantitative estimate of drug-likeness (QED) is 0.521. The van der Waals surface area contributed by atoms with Crippen LogP contribution in [0.5, 0.6) is 0 Å². The minimum Gasteiger partial charge on any atom is -0.334 e. The molecular weight excluding hydrogens is 390 g/mol. The summed E-state index contributed by atoms with van der Waals surface area (Å²) < 4.78 is 0. The van der Waals surface area contributed by atoms with E-state index in [0.717, 1.165) is 36.8 Å². The van der Waals surface area contributed by atoms with Crippen molar-refractivity contribution in [1.82, 2.24) is 20.8 Å². The van der Waals surface area contributed by atoms with E-state index in [4.69, 9.17) is 0 Å². The lowest BCUT2D eigenvalue weighted by Gasteiger charge is -2.41. The summed E-state index contributed by atoms with van der Waals surface area (Å²) in [6.07, 6.45) is 5.83. The lowest BCUT2D eigenvalue weighted by molar-refractivity contribution is -0.133. The van der Waals surface area contributed by atoms with E-state index in [2.05, 4.69) is 26.1 Å². The Morgan fingerprint density at radius 2 is 1.77 bits per heavy atom. The second-order valence-electron chi connectivity index (χ2n) is 8.25. The van der Waals surface area contributed by atoms with Gasteiger partial charge in [0, 0.05) is 17.2 Å². The van der Waals surface area contributed by atoms with Crippen LogP contribution in [-0.4, -0.2) is 21.8 Å². The molecule has 31 heavy (non-hydrogen) atoms. The molecule has 2 aromatic carbocycles. The summed E-state index contributed by atoms with van der Waals surface area (Å²) in [5.74, 6) is 0.925. The molecule has 5 rings (SSSR count). The van der Waals surface area contributed by atoms with Gasteiger partial charge in [0.1, 0.15) is 11.5 Å². The Bertz CT molecular complexity index is 1080. The molecule has 2 heterocycles. The Kier molecular flexibility index (Phi) is 5.26. The topological polar surface area (TPSA) is 98.9 Å². The van der Waals surface area contributed by atoms with Gasteiger partial charge in [0.05, 0.1) is 12.2 Å². The molecule has 7 nitrogen and oxygen atoms in total. The van der Waals surface area contributed by atoms with Gasteiger partial charge in [0.2, 0.25) is 5.91 Å². The van der Waals surface area contributed by atoms with Crippen molar-refractivity contribution >= 4 is 17.5 Å². The van der Waals surface area contributed by atoms with Gasteiger partial charge in [-0.1, -0.05) is 55.3 Å². The number of hydrogen-bond acceptors (Lipinski definition) is 4. The molecule has 1 aliphatic heterocycles. The molecule has 158 valence electrons. The Hall–Kier alpha value is -3.45. The SMILES string of the molecule is O=C(Nc1ccc(C2NNC(=O)C3CCCCC32)cc1)c1cnc(-c2ccccc2)[nH]1. The number of hydrazine groups is 1. The van der Waals surface area contributed by atoms with Crippen LogP contribution in [0.4, 0.5) is 5.69 Å². The molecule has 0 bridgehead atoms. The maximum absolute atomic E-state index is 12.6. The van der Waals surface area contributed by atoms with Gasteiger partial charge in [0.25, 0.3) is 5.91 Å². The molecular formula is C24H25N5O2. The van der Waals surface area contributed by atoms with Crippen molar-refractivity contribution in [3.63, 3.8) is 0 Å². The van der Waals surface area contributed by atoms with Gasteiger partial charge < -0.3 is 10.3 Å². The van der Waals surface area contributed by atoms with Gasteiger partial charge in [-0.05, 0) is 36.5 Å². The van der Waals surface area contributed by atoms with Crippen molar-refractivity contribution < 1.29 is 9.59 Å². The molecule has 2 amide bonds. The van der Waals surface area contributed by atoms with Gasteiger partial charge in [-0.15, -0.1) is 0 Å². The number of hydrogen-bond donors (Lipinski definition) is 4. The maximum Gasteiger partial charge on any atom is 0.273 e. The number of imidazole rings is 1. The van der Waals surface area contributed by atoms with Gasteiger partial charge >= 0.3 is 0 Å². The zero-order chi connectivity index (χ0) is 21.2. The predicted molar refractivity (Wildman–Crippen MR) is 118 cm³/mol. The second-order valence-corrected chi connectivity index (χ2v) is 8.25. The van der Waals surface area contributed by atoms with E-state index < -0.39 is 0 Å². The highest BCUT2D eigenvalue weighted by Gasteiger charge is 2.40. The molecule has 3 atom stereocenters. The van der Waals surface area contributed by atoms with Crippen LogP contribution >= 0.6 is 0 Å². The third kappa shape index (κ3) is 3.96. The first-order valence-electron chi connectivity index (χ1n) is 10.8. The summed E-state index contributed by atoms with van der Waals surface area (Å²) in [5.41, 5.74) is 9.20. The highest BCUT2D eigenvalue weighted by Crippen LogP contribution is 2.40. The number of H-pyrrole nitrogens is 1. The van der Waals surface area contributed by atoms with Gasteiger partial charge in [-0.25, -0.2) is 10.4 Å². The molecule has 1 aromatic heterocycles. The van der Waals surface area contributed by atoms with E-state index in [1.807, 2.05) is 54.6 Å². The standard InChI is InChI=1S/C24H25N5O2/c30-23-19-9-5-4-8-18(19)21(28-29-23)15-10-12-17(13-11-15)26-24(31)20-14-25-22(27-20)16-6-2-1-3-7-16/h1-3,6-7,10-14,18-19,21,28H,4-5,8-9H2,(H,25,27)(H,26,31)(H,29,30). The third-order valence-electron chi connectivity index (χ3n) is 6.33. The normalized spacial score (nSPS) is 23.0. The van der Waals surface area contributed by atoms with Crippen LogP contribution < -0.4 is 16.2 Å². The summed E-state index contributed by atoms with van der Waals surface area (Å²) in [4.78, 5) is 32.2. The number of amides is 2. The van der Waals surface area contributed by atoms with Crippen LogP contribution in [0.3, 0.4) is 0 Å². The lowest BCUT2D eigenvalue weighted by atomic mass is 9.72. The van der Waals surface area contributed by atoms with Crippen LogP contribution in [0.15, 0.2) is 60.8 Å². The number of nitrogens with zero attached hydrogens (tertiary/aromatic N) is 1. The number of aromatic amines is 1.